The number of carbonyl (C=O) groups is 2. The Hall–Kier alpha value is -2.22. The summed E-state index contributed by atoms with van der Waals surface area (Å²) in [5.74, 6) is -1.14. The number of nitrogens with one attached hydrogen (secondary N) is 1. The molecule has 7 nitrogen and oxygen atoms in total. The van der Waals surface area contributed by atoms with Crippen molar-refractivity contribution in [1.82, 2.24) is 20.3 Å². The molecule has 0 radical (unpaired) electrons. The Morgan fingerprint density at radius 3 is 2.83 bits per heavy atom. The molecule has 2 rings (SSSR count). The first-order valence-electron chi connectivity index (χ1n) is 7.17. The van der Waals surface area contributed by atoms with Gasteiger partial charge in [0.25, 0.3) is 5.91 Å². The van der Waals surface area contributed by atoms with Gasteiger partial charge in [-0.05, 0) is 38.0 Å². The molecule has 0 saturated heterocycles. The summed E-state index contributed by atoms with van der Waals surface area (Å²) in [5, 5.41) is 19.3. The molecule has 0 unspecified atom stereocenters. The molecule has 1 heterocycles. The zero-order chi connectivity index (χ0) is 16.8. The minimum absolute atomic E-state index is 0.105. The number of aromatic nitrogens is 3. The maximum Gasteiger partial charge on any atom is 0.303 e. The zero-order valence-corrected chi connectivity index (χ0v) is 14.2. The van der Waals surface area contributed by atoms with Crippen molar-refractivity contribution < 1.29 is 14.7 Å². The van der Waals surface area contributed by atoms with E-state index in [4.69, 9.17) is 5.11 Å². The lowest BCUT2D eigenvalue weighted by molar-refractivity contribution is -0.137. The van der Waals surface area contributed by atoms with E-state index in [0.717, 1.165) is 10.2 Å². The molecule has 1 aromatic heterocycles. The second-order valence-electron chi connectivity index (χ2n) is 5.02. The zero-order valence-electron chi connectivity index (χ0n) is 12.6. The largest absolute Gasteiger partial charge is 0.481 e. The molecule has 2 N–H and O–H groups in total. The fourth-order valence-corrected chi connectivity index (χ4v) is 2.47. The molecule has 0 bridgehead atoms. The number of halogens is 1. The van der Waals surface area contributed by atoms with Crippen LogP contribution in [-0.2, 0) is 4.79 Å². The van der Waals surface area contributed by atoms with Crippen LogP contribution in [0.3, 0.4) is 0 Å². The minimum Gasteiger partial charge on any atom is -0.481 e. The van der Waals surface area contributed by atoms with Crippen LogP contribution < -0.4 is 5.32 Å². The highest BCUT2D eigenvalue weighted by atomic mass is 79.9. The lowest BCUT2D eigenvalue weighted by Crippen LogP contribution is -2.25. The van der Waals surface area contributed by atoms with E-state index in [2.05, 4.69) is 31.6 Å². The van der Waals surface area contributed by atoms with Gasteiger partial charge in [0.05, 0.1) is 11.4 Å². The van der Waals surface area contributed by atoms with Crippen LogP contribution in [0.2, 0.25) is 0 Å². The Morgan fingerprint density at radius 1 is 1.35 bits per heavy atom. The summed E-state index contributed by atoms with van der Waals surface area (Å²) < 4.78 is 2.51. The SMILES string of the molecule is Cc1c(C(=O)NCCCCC(=O)O)nnn1-c1cccc(Br)c1. The Kier molecular flexibility index (Phi) is 5.86. The van der Waals surface area contributed by atoms with E-state index >= 15 is 0 Å². The molecule has 1 amide bonds. The third kappa shape index (κ3) is 4.62. The number of rotatable bonds is 7. The maximum atomic E-state index is 12.1. The van der Waals surface area contributed by atoms with Gasteiger partial charge in [-0.1, -0.05) is 27.2 Å². The number of aliphatic carboxylic acids is 1. The number of carboxylic acids is 1. The number of hydrogen-bond donors (Lipinski definition) is 2. The topological polar surface area (TPSA) is 97.1 Å². The summed E-state index contributed by atoms with van der Waals surface area (Å²) in [6.07, 6.45) is 1.24. The highest BCUT2D eigenvalue weighted by Gasteiger charge is 2.17. The van der Waals surface area contributed by atoms with Crippen LogP contribution in [0.4, 0.5) is 0 Å². The average Bonchev–Trinajstić information content (AvgIpc) is 2.88. The van der Waals surface area contributed by atoms with Gasteiger partial charge in [-0.2, -0.15) is 0 Å². The maximum absolute atomic E-state index is 12.1. The van der Waals surface area contributed by atoms with Crippen LogP contribution in [0, 0.1) is 6.92 Å². The van der Waals surface area contributed by atoms with Gasteiger partial charge >= 0.3 is 5.97 Å². The van der Waals surface area contributed by atoms with Crippen molar-refractivity contribution in [3.05, 3.63) is 40.1 Å². The Morgan fingerprint density at radius 2 is 2.13 bits per heavy atom. The summed E-state index contributed by atoms with van der Waals surface area (Å²) in [6, 6.07) is 7.54. The Balaban J connectivity index is 1.98. The summed E-state index contributed by atoms with van der Waals surface area (Å²) in [7, 11) is 0. The lowest BCUT2D eigenvalue weighted by atomic mass is 10.2. The van der Waals surface area contributed by atoms with Gasteiger partial charge in [-0.15, -0.1) is 5.10 Å². The molecule has 0 aliphatic carbocycles. The molecule has 0 atom stereocenters. The first-order valence-corrected chi connectivity index (χ1v) is 7.96. The molecule has 0 spiro atoms. The number of hydrogen-bond acceptors (Lipinski definition) is 4. The summed E-state index contributed by atoms with van der Waals surface area (Å²) in [6.45, 7) is 2.19. The molecule has 0 aliphatic heterocycles. The van der Waals surface area contributed by atoms with E-state index in [0.29, 0.717) is 25.1 Å². The van der Waals surface area contributed by atoms with Gasteiger partial charge in [-0.25, -0.2) is 4.68 Å². The molecule has 0 aliphatic rings. The van der Waals surface area contributed by atoms with Crippen LogP contribution >= 0.6 is 15.9 Å². The van der Waals surface area contributed by atoms with Crippen LogP contribution in [0.1, 0.15) is 35.4 Å². The third-order valence-electron chi connectivity index (χ3n) is 3.27. The fraction of sp³-hybridized carbons (Fsp3) is 0.333. The van der Waals surface area contributed by atoms with Crippen molar-refractivity contribution in [1.29, 1.82) is 0 Å². The van der Waals surface area contributed by atoms with Gasteiger partial charge in [0.1, 0.15) is 0 Å². The van der Waals surface area contributed by atoms with Gasteiger partial charge in [0.15, 0.2) is 5.69 Å². The number of carbonyl (C=O) groups excluding carboxylic acids is 1. The van der Waals surface area contributed by atoms with E-state index in [1.807, 2.05) is 24.3 Å². The molecule has 0 fully saturated rings. The second-order valence-corrected chi connectivity index (χ2v) is 5.94. The van der Waals surface area contributed by atoms with E-state index < -0.39 is 5.97 Å². The molecule has 23 heavy (non-hydrogen) atoms. The van der Waals surface area contributed by atoms with E-state index in [1.165, 1.54) is 0 Å². The van der Waals surface area contributed by atoms with Crippen molar-refractivity contribution in [2.75, 3.05) is 6.54 Å². The second kappa shape index (κ2) is 7.87. The van der Waals surface area contributed by atoms with Crippen molar-refractivity contribution >= 4 is 27.8 Å². The number of benzene rings is 1. The van der Waals surface area contributed by atoms with Crippen molar-refractivity contribution in [2.45, 2.75) is 26.2 Å². The van der Waals surface area contributed by atoms with Gasteiger partial charge < -0.3 is 10.4 Å². The van der Waals surface area contributed by atoms with E-state index in [-0.39, 0.29) is 18.0 Å². The summed E-state index contributed by atoms with van der Waals surface area (Å²) in [4.78, 5) is 22.5. The van der Waals surface area contributed by atoms with Crippen molar-refractivity contribution in [3.63, 3.8) is 0 Å². The first-order chi connectivity index (χ1) is 11.0. The fourth-order valence-electron chi connectivity index (χ4n) is 2.08. The number of carboxylic acid groups (broad SMARTS) is 1. The predicted molar refractivity (Wildman–Crippen MR) is 87.6 cm³/mol. The van der Waals surface area contributed by atoms with Crippen LogP contribution in [0.25, 0.3) is 5.69 Å². The van der Waals surface area contributed by atoms with E-state index in [9.17, 15) is 9.59 Å². The standard InChI is InChI=1S/C15H17BrN4O3/c1-10-14(15(23)17-8-3-2-7-13(21)22)18-19-20(10)12-6-4-5-11(16)9-12/h4-6,9H,2-3,7-8H2,1H3,(H,17,23)(H,21,22). The molecule has 0 saturated carbocycles. The van der Waals surface area contributed by atoms with Crippen LogP contribution in [0.5, 0.6) is 0 Å². The third-order valence-corrected chi connectivity index (χ3v) is 3.76. The Bertz CT molecular complexity index is 714. The predicted octanol–water partition coefficient (Wildman–Crippen LogP) is 2.32. The smallest absolute Gasteiger partial charge is 0.303 e. The monoisotopic (exact) mass is 380 g/mol. The molecule has 8 heteroatoms. The van der Waals surface area contributed by atoms with E-state index in [1.54, 1.807) is 11.6 Å². The number of amides is 1. The average molecular weight is 381 g/mol. The minimum atomic E-state index is -0.830. The van der Waals surface area contributed by atoms with Crippen molar-refractivity contribution in [3.8, 4) is 5.69 Å². The first kappa shape index (κ1) is 17.1. The normalized spacial score (nSPS) is 10.5. The van der Waals surface area contributed by atoms with Crippen LogP contribution in [0.15, 0.2) is 28.7 Å². The molecular formula is C15H17BrN4O3. The molecule has 2 aromatic rings. The molecular weight excluding hydrogens is 364 g/mol. The van der Waals surface area contributed by atoms with Gasteiger partial charge in [0, 0.05) is 17.4 Å². The van der Waals surface area contributed by atoms with Gasteiger partial charge in [-0.3, -0.25) is 9.59 Å². The van der Waals surface area contributed by atoms with Gasteiger partial charge in [0.2, 0.25) is 0 Å². The van der Waals surface area contributed by atoms with Crippen LogP contribution in [-0.4, -0.2) is 38.5 Å². The summed E-state index contributed by atoms with van der Waals surface area (Å²) >= 11 is 3.40. The summed E-state index contributed by atoms with van der Waals surface area (Å²) in [5.41, 5.74) is 1.72. The molecule has 1 aromatic carbocycles. The highest BCUT2D eigenvalue weighted by molar-refractivity contribution is 9.10. The highest BCUT2D eigenvalue weighted by Crippen LogP contribution is 2.17. The Labute approximate surface area is 141 Å². The quantitative estimate of drug-likeness (QED) is 0.718. The molecule has 122 valence electrons. The number of nitrogens with zero attached hydrogens (tertiary/aromatic N) is 3. The number of unbranched alkanes of at least 4 members (excludes halogenated alkanes) is 1. The van der Waals surface area contributed by atoms with Crippen molar-refractivity contribution in [2.24, 2.45) is 0 Å². The lowest BCUT2D eigenvalue weighted by Gasteiger charge is -2.05.